The van der Waals surface area contributed by atoms with Crippen LogP contribution in [0, 0.1) is 19.7 Å². The third kappa shape index (κ3) is 5.26. The van der Waals surface area contributed by atoms with Crippen LogP contribution in [0.25, 0.3) is 0 Å². The first-order chi connectivity index (χ1) is 15.8. The van der Waals surface area contributed by atoms with Crippen LogP contribution in [0.5, 0.6) is 5.75 Å². The van der Waals surface area contributed by atoms with E-state index < -0.39 is 0 Å². The number of nitrogens with one attached hydrogen (secondary N) is 1. The number of ether oxygens (including phenoxy) is 1. The Balaban J connectivity index is 1.43. The monoisotopic (exact) mass is 531 g/mol. The van der Waals surface area contributed by atoms with E-state index in [9.17, 15) is 9.18 Å². The Morgan fingerprint density at radius 3 is 2.73 bits per heavy atom. The average Bonchev–Trinajstić information content (AvgIpc) is 3.35. The predicted octanol–water partition coefficient (Wildman–Crippen LogP) is 5.59. The molecule has 10 heteroatoms. The highest BCUT2D eigenvalue weighted by molar-refractivity contribution is 9.10. The molecule has 0 unspecified atom stereocenters. The van der Waals surface area contributed by atoms with Crippen molar-refractivity contribution in [2.45, 2.75) is 27.1 Å². The first-order valence-corrected chi connectivity index (χ1v) is 11.2. The number of aryl methyl sites for hydroxylation is 1. The molecule has 0 atom stereocenters. The van der Waals surface area contributed by atoms with Crippen molar-refractivity contribution in [1.29, 1.82) is 0 Å². The Kier molecular flexibility index (Phi) is 6.80. The summed E-state index contributed by atoms with van der Waals surface area (Å²) >= 11 is 9.50. The van der Waals surface area contributed by atoms with Crippen molar-refractivity contribution < 1.29 is 13.9 Å². The number of rotatable bonds is 7. The van der Waals surface area contributed by atoms with Gasteiger partial charge in [0.05, 0.1) is 28.6 Å². The average molecular weight is 533 g/mol. The predicted molar refractivity (Wildman–Crippen MR) is 127 cm³/mol. The van der Waals surface area contributed by atoms with E-state index in [1.807, 2.05) is 13.0 Å². The second-order valence-corrected chi connectivity index (χ2v) is 8.66. The fourth-order valence-electron chi connectivity index (χ4n) is 3.28. The normalized spacial score (nSPS) is 10.9. The van der Waals surface area contributed by atoms with Gasteiger partial charge in [0.25, 0.3) is 5.91 Å². The summed E-state index contributed by atoms with van der Waals surface area (Å²) in [5.74, 6) is -0.172. The third-order valence-electron chi connectivity index (χ3n) is 5.02. The first-order valence-electron chi connectivity index (χ1n) is 10.0. The summed E-state index contributed by atoms with van der Waals surface area (Å²) in [4.78, 5) is 12.8. The van der Waals surface area contributed by atoms with Gasteiger partial charge in [0.1, 0.15) is 11.6 Å². The van der Waals surface area contributed by atoms with Crippen LogP contribution in [0.4, 0.5) is 10.1 Å². The summed E-state index contributed by atoms with van der Waals surface area (Å²) in [7, 11) is 0. The Morgan fingerprint density at radius 1 is 1.18 bits per heavy atom. The zero-order valence-electron chi connectivity index (χ0n) is 17.8. The number of benzene rings is 2. The van der Waals surface area contributed by atoms with Gasteiger partial charge in [0.15, 0.2) is 12.4 Å². The fourth-order valence-corrected chi connectivity index (χ4v) is 4.01. The molecule has 7 nitrogen and oxygen atoms in total. The Morgan fingerprint density at radius 2 is 1.97 bits per heavy atom. The SMILES string of the molecule is Cc1nn(Cc2ccccc2F)c(C)c1NC(=O)c1ccn(COc2ccc(Br)cc2Cl)n1. The number of carbonyl (C=O) groups is 1. The van der Waals surface area contributed by atoms with Gasteiger partial charge in [0.2, 0.25) is 0 Å². The maximum atomic E-state index is 14.0. The van der Waals surface area contributed by atoms with E-state index in [0.717, 1.165) is 10.2 Å². The second-order valence-electron chi connectivity index (χ2n) is 7.34. The zero-order valence-corrected chi connectivity index (χ0v) is 20.2. The van der Waals surface area contributed by atoms with Crippen LogP contribution in [0.1, 0.15) is 27.4 Å². The van der Waals surface area contributed by atoms with Crippen molar-refractivity contribution in [3.8, 4) is 5.75 Å². The molecule has 33 heavy (non-hydrogen) atoms. The molecule has 4 rings (SSSR count). The molecule has 1 amide bonds. The van der Waals surface area contributed by atoms with Crippen molar-refractivity contribution in [3.05, 3.63) is 92.7 Å². The molecule has 1 N–H and O–H groups in total. The summed E-state index contributed by atoms with van der Waals surface area (Å²) in [6.45, 7) is 3.97. The minimum absolute atomic E-state index is 0.0905. The Hall–Kier alpha value is -3.17. The number of amides is 1. The van der Waals surface area contributed by atoms with E-state index in [2.05, 4.69) is 31.4 Å². The van der Waals surface area contributed by atoms with E-state index in [0.29, 0.717) is 27.7 Å². The van der Waals surface area contributed by atoms with Gasteiger partial charge in [0, 0.05) is 16.2 Å². The number of hydrogen-bond acceptors (Lipinski definition) is 4. The molecule has 0 bridgehead atoms. The molecule has 2 heterocycles. The van der Waals surface area contributed by atoms with Crippen LogP contribution >= 0.6 is 27.5 Å². The molecule has 4 aromatic rings. The van der Waals surface area contributed by atoms with Crippen LogP contribution in [0.2, 0.25) is 5.02 Å². The maximum Gasteiger partial charge on any atom is 0.276 e. The van der Waals surface area contributed by atoms with Gasteiger partial charge in [-0.15, -0.1) is 0 Å². The van der Waals surface area contributed by atoms with Crippen molar-refractivity contribution in [2.24, 2.45) is 0 Å². The molecule has 0 saturated heterocycles. The highest BCUT2D eigenvalue weighted by atomic mass is 79.9. The Labute approximate surface area is 203 Å². The molecule has 0 aliphatic rings. The minimum Gasteiger partial charge on any atom is -0.470 e. The standard InChI is InChI=1S/C23H20BrClFN5O2/c1-14-22(15(2)31(28-14)12-16-5-3-4-6-19(16)26)27-23(32)20-9-10-30(29-20)13-33-21-8-7-17(24)11-18(21)25/h3-11H,12-13H2,1-2H3,(H,27,32). The molecule has 2 aromatic carbocycles. The number of carbonyl (C=O) groups excluding carboxylic acids is 1. The van der Waals surface area contributed by atoms with Crippen molar-refractivity contribution in [1.82, 2.24) is 19.6 Å². The second kappa shape index (κ2) is 9.76. The van der Waals surface area contributed by atoms with Gasteiger partial charge in [-0.2, -0.15) is 10.2 Å². The first kappa shape index (κ1) is 23.0. The quantitative estimate of drug-likeness (QED) is 0.337. The highest BCUT2D eigenvalue weighted by Gasteiger charge is 2.18. The van der Waals surface area contributed by atoms with E-state index in [1.165, 1.54) is 10.7 Å². The van der Waals surface area contributed by atoms with E-state index in [-0.39, 0.29) is 30.7 Å². The fraction of sp³-hybridized carbons (Fsp3) is 0.174. The third-order valence-corrected chi connectivity index (χ3v) is 5.81. The summed E-state index contributed by atoms with van der Waals surface area (Å²) in [5, 5.41) is 12.0. The van der Waals surface area contributed by atoms with Gasteiger partial charge in [-0.25, -0.2) is 9.07 Å². The molecule has 0 radical (unpaired) electrons. The van der Waals surface area contributed by atoms with Crippen molar-refractivity contribution in [3.63, 3.8) is 0 Å². The van der Waals surface area contributed by atoms with E-state index in [1.54, 1.807) is 54.2 Å². The molecule has 170 valence electrons. The van der Waals surface area contributed by atoms with E-state index in [4.69, 9.17) is 16.3 Å². The molecule has 0 aliphatic heterocycles. The summed E-state index contributed by atoms with van der Waals surface area (Å²) in [6.07, 6.45) is 1.64. The van der Waals surface area contributed by atoms with Crippen molar-refractivity contribution >= 4 is 39.1 Å². The Bertz CT molecular complexity index is 1320. The van der Waals surface area contributed by atoms with Crippen LogP contribution in [-0.4, -0.2) is 25.5 Å². The van der Waals surface area contributed by atoms with Crippen LogP contribution in [0.15, 0.2) is 59.2 Å². The zero-order chi connectivity index (χ0) is 23.5. The lowest BCUT2D eigenvalue weighted by Gasteiger charge is -2.08. The number of aromatic nitrogens is 4. The van der Waals surface area contributed by atoms with E-state index >= 15 is 0 Å². The summed E-state index contributed by atoms with van der Waals surface area (Å²) < 4.78 is 23.7. The highest BCUT2D eigenvalue weighted by Crippen LogP contribution is 2.28. The lowest BCUT2D eigenvalue weighted by molar-refractivity contribution is 0.102. The topological polar surface area (TPSA) is 74.0 Å². The van der Waals surface area contributed by atoms with Gasteiger partial charge in [-0.1, -0.05) is 45.7 Å². The molecule has 2 aromatic heterocycles. The summed E-state index contributed by atoms with van der Waals surface area (Å²) in [6, 6.07) is 13.4. The maximum absolute atomic E-state index is 14.0. The van der Waals surface area contributed by atoms with Crippen molar-refractivity contribution in [2.75, 3.05) is 5.32 Å². The van der Waals surface area contributed by atoms with Crippen LogP contribution in [-0.2, 0) is 13.3 Å². The number of anilines is 1. The molecule has 0 spiro atoms. The molecular formula is C23H20BrClFN5O2. The lowest BCUT2D eigenvalue weighted by Crippen LogP contribution is -2.15. The largest absolute Gasteiger partial charge is 0.470 e. The summed E-state index contributed by atoms with van der Waals surface area (Å²) in [5.41, 5.74) is 2.66. The molecule has 0 fully saturated rings. The minimum atomic E-state index is -0.382. The van der Waals surface area contributed by atoms with Gasteiger partial charge >= 0.3 is 0 Å². The number of halogens is 3. The van der Waals surface area contributed by atoms with Crippen LogP contribution < -0.4 is 10.1 Å². The molecular weight excluding hydrogens is 513 g/mol. The lowest BCUT2D eigenvalue weighted by atomic mass is 10.2. The van der Waals surface area contributed by atoms with Gasteiger partial charge in [-0.05, 0) is 44.2 Å². The number of nitrogens with zero attached hydrogens (tertiary/aromatic N) is 4. The molecule has 0 saturated carbocycles. The van der Waals surface area contributed by atoms with Gasteiger partial charge < -0.3 is 10.1 Å². The number of hydrogen-bond donors (Lipinski definition) is 1. The molecule has 0 aliphatic carbocycles. The smallest absolute Gasteiger partial charge is 0.276 e. The van der Waals surface area contributed by atoms with Crippen LogP contribution in [0.3, 0.4) is 0 Å². The van der Waals surface area contributed by atoms with Gasteiger partial charge in [-0.3, -0.25) is 9.48 Å².